The number of sulfonamides is 1. The molecule has 0 aromatic carbocycles. The molecule has 1 fully saturated rings. The number of rotatable bonds is 5. The summed E-state index contributed by atoms with van der Waals surface area (Å²) in [6.07, 6.45) is 0.769. The van der Waals surface area contributed by atoms with E-state index in [0.717, 1.165) is 0 Å². The van der Waals surface area contributed by atoms with E-state index in [4.69, 9.17) is 10.5 Å². The SMILES string of the molecule is COC1CC(NS(=O)(=O)CC(N)=S)C1(C)C. The normalized spacial score (nSPS) is 28.4. The number of nitrogens with one attached hydrogen (secondary N) is 1. The predicted octanol–water partition coefficient (Wildman–Crippen LogP) is 0.00540. The first kappa shape index (κ1) is 13.8. The van der Waals surface area contributed by atoms with Crippen molar-refractivity contribution in [3.63, 3.8) is 0 Å². The van der Waals surface area contributed by atoms with E-state index in [9.17, 15) is 8.42 Å². The average molecular weight is 266 g/mol. The van der Waals surface area contributed by atoms with Crippen molar-refractivity contribution in [3.05, 3.63) is 0 Å². The van der Waals surface area contributed by atoms with Crippen LogP contribution in [0.2, 0.25) is 0 Å². The Balaban J connectivity index is 2.61. The van der Waals surface area contributed by atoms with Gasteiger partial charge >= 0.3 is 0 Å². The molecule has 0 aliphatic heterocycles. The average Bonchev–Trinajstić information content (AvgIpc) is 2.09. The van der Waals surface area contributed by atoms with Crippen LogP contribution in [-0.2, 0) is 14.8 Å². The van der Waals surface area contributed by atoms with Crippen LogP contribution in [0, 0.1) is 5.41 Å². The summed E-state index contributed by atoms with van der Waals surface area (Å²) in [5, 5.41) is 0. The summed E-state index contributed by atoms with van der Waals surface area (Å²) in [6, 6.07) is -0.114. The van der Waals surface area contributed by atoms with Gasteiger partial charge in [0, 0.05) is 18.6 Å². The summed E-state index contributed by atoms with van der Waals surface area (Å²) in [7, 11) is -1.78. The molecule has 2 unspecified atom stereocenters. The lowest BCUT2D eigenvalue weighted by Crippen LogP contribution is -2.62. The van der Waals surface area contributed by atoms with E-state index in [-0.39, 0.29) is 28.3 Å². The van der Waals surface area contributed by atoms with Gasteiger partial charge in [0.1, 0.15) is 5.75 Å². The standard InChI is InChI=1S/C9H18N2O3S2/c1-9(2)6(4-7(9)14-3)11-16(12,13)5-8(10)15/h6-7,11H,4-5H2,1-3H3,(H2,10,15). The molecule has 94 valence electrons. The molecule has 0 amide bonds. The zero-order valence-corrected chi connectivity index (χ0v) is 11.3. The number of ether oxygens (including phenoxy) is 1. The molecule has 3 N–H and O–H groups in total. The van der Waals surface area contributed by atoms with Crippen molar-refractivity contribution in [3.8, 4) is 0 Å². The minimum Gasteiger partial charge on any atom is -0.392 e. The van der Waals surface area contributed by atoms with Crippen LogP contribution in [0.25, 0.3) is 0 Å². The quantitative estimate of drug-likeness (QED) is 0.685. The molecule has 7 heteroatoms. The maximum atomic E-state index is 11.6. The smallest absolute Gasteiger partial charge is 0.218 e. The van der Waals surface area contributed by atoms with Gasteiger partial charge in [-0.1, -0.05) is 26.1 Å². The van der Waals surface area contributed by atoms with Gasteiger partial charge in [-0.25, -0.2) is 13.1 Å². The minimum absolute atomic E-state index is 0.0204. The summed E-state index contributed by atoms with van der Waals surface area (Å²) >= 11 is 4.59. The van der Waals surface area contributed by atoms with E-state index in [1.807, 2.05) is 13.8 Å². The largest absolute Gasteiger partial charge is 0.392 e. The summed E-state index contributed by atoms with van der Waals surface area (Å²) in [5.74, 6) is -0.299. The molecule has 0 radical (unpaired) electrons. The summed E-state index contributed by atoms with van der Waals surface area (Å²) < 4.78 is 31.1. The van der Waals surface area contributed by atoms with E-state index in [1.165, 1.54) is 0 Å². The Kier molecular flexibility index (Phi) is 3.94. The summed E-state index contributed by atoms with van der Waals surface area (Å²) in [5.41, 5.74) is 5.03. The van der Waals surface area contributed by atoms with Gasteiger partial charge in [0.25, 0.3) is 0 Å². The maximum absolute atomic E-state index is 11.6. The lowest BCUT2D eigenvalue weighted by molar-refractivity contribution is -0.0908. The fourth-order valence-electron chi connectivity index (χ4n) is 1.93. The van der Waals surface area contributed by atoms with Gasteiger partial charge in [-0.05, 0) is 6.42 Å². The van der Waals surface area contributed by atoms with Crippen LogP contribution in [0.15, 0.2) is 0 Å². The molecule has 0 spiro atoms. The number of methoxy groups -OCH3 is 1. The fourth-order valence-corrected chi connectivity index (χ4v) is 3.69. The topological polar surface area (TPSA) is 81.4 Å². The van der Waals surface area contributed by atoms with Crippen LogP contribution in [0.1, 0.15) is 20.3 Å². The number of thiocarbonyl (C=S) groups is 1. The Labute approximate surface area is 102 Å². The second-order valence-electron chi connectivity index (χ2n) is 4.68. The molecule has 1 rings (SSSR count). The van der Waals surface area contributed by atoms with Gasteiger partial charge < -0.3 is 10.5 Å². The van der Waals surface area contributed by atoms with E-state index in [0.29, 0.717) is 6.42 Å². The fraction of sp³-hybridized carbons (Fsp3) is 0.889. The molecule has 1 aliphatic rings. The first-order valence-electron chi connectivity index (χ1n) is 5.00. The first-order chi connectivity index (χ1) is 7.19. The zero-order chi connectivity index (χ0) is 12.6. The Morgan fingerprint density at radius 3 is 2.56 bits per heavy atom. The highest BCUT2D eigenvalue weighted by Gasteiger charge is 2.49. The van der Waals surface area contributed by atoms with E-state index in [1.54, 1.807) is 7.11 Å². The van der Waals surface area contributed by atoms with Crippen molar-refractivity contribution < 1.29 is 13.2 Å². The van der Waals surface area contributed by atoms with Gasteiger partial charge in [0.05, 0.1) is 11.1 Å². The molecular weight excluding hydrogens is 248 g/mol. The van der Waals surface area contributed by atoms with Crippen molar-refractivity contribution in [2.24, 2.45) is 11.1 Å². The molecule has 0 bridgehead atoms. The predicted molar refractivity (Wildman–Crippen MR) is 66.7 cm³/mol. The van der Waals surface area contributed by atoms with Crippen LogP contribution < -0.4 is 10.5 Å². The lowest BCUT2D eigenvalue weighted by Gasteiger charge is -2.50. The molecule has 1 saturated carbocycles. The van der Waals surface area contributed by atoms with Crippen LogP contribution in [0.5, 0.6) is 0 Å². The third kappa shape index (κ3) is 2.91. The second-order valence-corrected chi connectivity index (χ2v) is 6.96. The molecule has 1 aliphatic carbocycles. The van der Waals surface area contributed by atoms with Crippen LogP contribution in [-0.4, -0.2) is 38.4 Å². The van der Waals surface area contributed by atoms with E-state index < -0.39 is 10.0 Å². The Morgan fingerprint density at radius 2 is 2.19 bits per heavy atom. The molecule has 16 heavy (non-hydrogen) atoms. The minimum atomic E-state index is -3.42. The maximum Gasteiger partial charge on any atom is 0.218 e. The third-order valence-corrected chi connectivity index (χ3v) is 4.78. The summed E-state index contributed by atoms with van der Waals surface area (Å²) in [6.45, 7) is 3.94. The van der Waals surface area contributed by atoms with Gasteiger partial charge in [0.15, 0.2) is 0 Å². The first-order valence-corrected chi connectivity index (χ1v) is 7.06. The van der Waals surface area contributed by atoms with Gasteiger partial charge in [-0.2, -0.15) is 0 Å². The van der Waals surface area contributed by atoms with Crippen molar-refractivity contribution >= 4 is 27.2 Å². The molecule has 0 heterocycles. The van der Waals surface area contributed by atoms with Gasteiger partial charge in [-0.15, -0.1) is 0 Å². The number of hydrogen-bond donors (Lipinski definition) is 2. The molecule has 2 atom stereocenters. The Bertz CT molecular complexity index is 378. The second kappa shape index (κ2) is 4.56. The summed E-state index contributed by atoms with van der Waals surface area (Å²) in [4.78, 5) is -0.0204. The number of nitrogens with two attached hydrogens (primary N) is 1. The Hall–Kier alpha value is -0.240. The van der Waals surface area contributed by atoms with Crippen molar-refractivity contribution in [1.82, 2.24) is 4.72 Å². The molecular formula is C9H18N2O3S2. The molecule has 0 saturated heterocycles. The highest BCUT2D eigenvalue weighted by Crippen LogP contribution is 2.42. The van der Waals surface area contributed by atoms with Crippen molar-refractivity contribution in [1.29, 1.82) is 0 Å². The molecule has 0 aromatic heterocycles. The number of hydrogen-bond acceptors (Lipinski definition) is 4. The van der Waals surface area contributed by atoms with Crippen molar-refractivity contribution in [2.75, 3.05) is 12.9 Å². The lowest BCUT2D eigenvalue weighted by atomic mass is 9.65. The van der Waals surface area contributed by atoms with Crippen LogP contribution in [0.3, 0.4) is 0 Å². The monoisotopic (exact) mass is 266 g/mol. The highest BCUT2D eigenvalue weighted by atomic mass is 32.2. The van der Waals surface area contributed by atoms with E-state index in [2.05, 4.69) is 16.9 Å². The van der Waals surface area contributed by atoms with Crippen molar-refractivity contribution in [2.45, 2.75) is 32.4 Å². The molecule has 0 aromatic rings. The highest BCUT2D eigenvalue weighted by molar-refractivity contribution is 7.92. The Morgan fingerprint density at radius 1 is 1.62 bits per heavy atom. The van der Waals surface area contributed by atoms with Crippen LogP contribution >= 0.6 is 12.2 Å². The van der Waals surface area contributed by atoms with Gasteiger partial charge in [0.2, 0.25) is 10.0 Å². The zero-order valence-electron chi connectivity index (χ0n) is 9.69. The van der Waals surface area contributed by atoms with E-state index >= 15 is 0 Å². The van der Waals surface area contributed by atoms with Crippen LogP contribution in [0.4, 0.5) is 0 Å². The van der Waals surface area contributed by atoms with Gasteiger partial charge in [-0.3, -0.25) is 0 Å². The molecule has 5 nitrogen and oxygen atoms in total. The third-order valence-electron chi connectivity index (χ3n) is 3.12.